The summed E-state index contributed by atoms with van der Waals surface area (Å²) >= 11 is 0. The van der Waals surface area contributed by atoms with Crippen LogP contribution in [0.1, 0.15) is 38.5 Å². The van der Waals surface area contributed by atoms with Crippen molar-refractivity contribution in [3.8, 4) is 0 Å². The minimum Gasteiger partial charge on any atom is -1.00 e. The highest BCUT2D eigenvalue weighted by molar-refractivity contribution is 5.69. The Hall–Kier alpha value is -0.640. The molecule has 84 valence electrons. The Morgan fingerprint density at radius 1 is 1.21 bits per heavy atom. The molecule has 0 amide bonds. The van der Waals surface area contributed by atoms with Gasteiger partial charge in [0.1, 0.15) is 0 Å². The first kappa shape index (κ1) is 13.4. The van der Waals surface area contributed by atoms with E-state index < -0.39 is 0 Å². The van der Waals surface area contributed by atoms with Gasteiger partial charge in [0.25, 0.3) is 0 Å². The zero-order valence-electron chi connectivity index (χ0n) is 8.56. The molecule has 0 spiro atoms. The van der Waals surface area contributed by atoms with E-state index in [0.29, 0.717) is 0 Å². The molecule has 0 saturated heterocycles. The highest BCUT2D eigenvalue weighted by Crippen LogP contribution is 2.25. The number of nitrogens with one attached hydrogen (secondary N) is 2. The molecule has 0 aliphatic heterocycles. The van der Waals surface area contributed by atoms with Gasteiger partial charge in [0.05, 0.1) is 0 Å². The van der Waals surface area contributed by atoms with E-state index in [1.54, 1.807) is 0 Å². The van der Waals surface area contributed by atoms with Gasteiger partial charge in [0.2, 0.25) is 0 Å². The van der Waals surface area contributed by atoms with Crippen molar-refractivity contribution in [1.82, 2.24) is 5.43 Å². The molecule has 1 aliphatic carbocycles. The average molecular weight is 221 g/mol. The van der Waals surface area contributed by atoms with Crippen LogP contribution in [-0.4, -0.2) is 12.5 Å². The lowest BCUT2D eigenvalue weighted by Gasteiger charge is -2.20. The van der Waals surface area contributed by atoms with Crippen molar-refractivity contribution in [2.24, 2.45) is 17.4 Å². The quantitative estimate of drug-likeness (QED) is 0.168. The van der Waals surface area contributed by atoms with Crippen LogP contribution in [0.15, 0.2) is 0 Å². The second-order valence-corrected chi connectivity index (χ2v) is 3.80. The number of hydrogen-bond acceptors (Lipinski definition) is 1. The maximum atomic E-state index is 5.23. The van der Waals surface area contributed by atoms with Crippen molar-refractivity contribution < 1.29 is 17.5 Å². The third-order valence-corrected chi connectivity index (χ3v) is 2.64. The van der Waals surface area contributed by atoms with E-state index in [9.17, 15) is 0 Å². The van der Waals surface area contributed by atoms with Gasteiger partial charge in [0, 0.05) is 6.54 Å². The van der Waals surface area contributed by atoms with Crippen LogP contribution in [0.2, 0.25) is 0 Å². The van der Waals surface area contributed by atoms with Gasteiger partial charge in [-0.2, -0.15) is 5.10 Å². The van der Waals surface area contributed by atoms with E-state index in [4.69, 9.17) is 11.5 Å². The summed E-state index contributed by atoms with van der Waals surface area (Å²) in [6.45, 7) is 0.947. The summed E-state index contributed by atoms with van der Waals surface area (Å²) in [4.78, 5) is 0. The molecule has 1 rings (SSSR count). The maximum Gasteiger partial charge on any atom is 0.360 e. The second kappa shape index (κ2) is 7.74. The summed E-state index contributed by atoms with van der Waals surface area (Å²) in [5.74, 6) is 1.14. The zero-order valence-corrected chi connectivity index (χ0v) is 9.32. The van der Waals surface area contributed by atoms with Crippen molar-refractivity contribution in [1.29, 1.82) is 0 Å². The van der Waals surface area contributed by atoms with Gasteiger partial charge in [-0.3, -0.25) is 16.9 Å². The predicted molar refractivity (Wildman–Crippen MR) is 53.5 cm³/mol. The maximum absolute atomic E-state index is 5.23. The molecule has 0 radical (unpaired) electrons. The zero-order chi connectivity index (χ0) is 9.52. The molecule has 0 unspecified atom stereocenters. The van der Waals surface area contributed by atoms with Crippen LogP contribution in [0.25, 0.3) is 0 Å². The topological polar surface area (TPSA) is 78.0 Å². The Morgan fingerprint density at radius 3 is 2.43 bits per heavy atom. The number of guanidine groups is 1. The SMILES string of the molecule is NC(N)=[NH+]NCCC1CCCCC1.[Cl-]. The molecule has 6 N–H and O–H groups in total. The number of hydrazone groups is 1. The summed E-state index contributed by atoms with van der Waals surface area (Å²) in [6.07, 6.45) is 8.24. The number of nitrogens with two attached hydrogens (primary N) is 2. The third kappa shape index (κ3) is 5.91. The molecule has 0 heterocycles. The lowest BCUT2D eigenvalue weighted by atomic mass is 9.87. The molecule has 0 atom stereocenters. The lowest BCUT2D eigenvalue weighted by molar-refractivity contribution is -0.528. The Morgan fingerprint density at radius 2 is 1.86 bits per heavy atom. The first-order chi connectivity index (χ1) is 6.29. The van der Waals surface area contributed by atoms with Crippen LogP contribution >= 0.6 is 0 Å². The lowest BCUT2D eigenvalue weighted by Crippen LogP contribution is -3.00. The van der Waals surface area contributed by atoms with Crippen LogP contribution < -0.4 is 34.4 Å². The van der Waals surface area contributed by atoms with Crippen LogP contribution in [-0.2, 0) is 0 Å². The Kier molecular flexibility index (Phi) is 7.38. The van der Waals surface area contributed by atoms with Crippen LogP contribution in [0, 0.1) is 5.92 Å². The van der Waals surface area contributed by atoms with Crippen molar-refractivity contribution in [3.05, 3.63) is 0 Å². The van der Waals surface area contributed by atoms with E-state index >= 15 is 0 Å². The van der Waals surface area contributed by atoms with Gasteiger partial charge in [0.15, 0.2) is 0 Å². The number of hydrogen-bond donors (Lipinski definition) is 4. The van der Waals surface area contributed by atoms with Crippen LogP contribution in [0.3, 0.4) is 0 Å². The van der Waals surface area contributed by atoms with Crippen molar-refractivity contribution in [3.63, 3.8) is 0 Å². The minimum absolute atomic E-state index is 0. The molecule has 4 nitrogen and oxygen atoms in total. The van der Waals surface area contributed by atoms with Crippen LogP contribution in [0.5, 0.6) is 0 Å². The molecule has 1 fully saturated rings. The van der Waals surface area contributed by atoms with E-state index in [0.717, 1.165) is 12.5 Å². The fraction of sp³-hybridized carbons (Fsp3) is 0.889. The smallest absolute Gasteiger partial charge is 0.360 e. The highest BCUT2D eigenvalue weighted by atomic mass is 35.5. The predicted octanol–water partition coefficient (Wildman–Crippen LogP) is -4.18. The standard InChI is InChI=1S/C9H20N4.ClH/c10-9(11)13-12-7-6-8-4-2-1-3-5-8;/h8,12H,1-7H2,(H4,10,11,13);1H. The molecule has 1 aliphatic rings. The molecule has 5 heteroatoms. The summed E-state index contributed by atoms with van der Waals surface area (Å²) in [5.41, 5.74) is 13.5. The second-order valence-electron chi connectivity index (χ2n) is 3.80. The van der Waals surface area contributed by atoms with E-state index in [2.05, 4.69) is 10.5 Å². The van der Waals surface area contributed by atoms with Gasteiger partial charge < -0.3 is 12.4 Å². The summed E-state index contributed by atoms with van der Waals surface area (Å²) < 4.78 is 0. The van der Waals surface area contributed by atoms with E-state index in [-0.39, 0.29) is 18.4 Å². The molecular formula is C9H21ClN4. The van der Waals surface area contributed by atoms with Crippen molar-refractivity contribution in [2.45, 2.75) is 38.5 Å². The number of halogens is 1. The largest absolute Gasteiger partial charge is 1.00 e. The van der Waals surface area contributed by atoms with E-state index in [1.165, 1.54) is 38.5 Å². The van der Waals surface area contributed by atoms with Crippen molar-refractivity contribution >= 4 is 5.96 Å². The van der Waals surface area contributed by atoms with E-state index in [1.807, 2.05) is 0 Å². The van der Waals surface area contributed by atoms with Crippen molar-refractivity contribution in [2.75, 3.05) is 6.54 Å². The fourth-order valence-electron chi connectivity index (χ4n) is 1.92. The molecule has 0 aromatic carbocycles. The molecular weight excluding hydrogens is 200 g/mol. The highest BCUT2D eigenvalue weighted by Gasteiger charge is 2.12. The van der Waals surface area contributed by atoms with Gasteiger partial charge >= 0.3 is 5.96 Å². The minimum atomic E-state index is 0. The first-order valence-corrected chi connectivity index (χ1v) is 5.16. The Bertz CT molecular complexity index is 162. The third-order valence-electron chi connectivity index (χ3n) is 2.64. The van der Waals surface area contributed by atoms with Crippen LogP contribution in [0.4, 0.5) is 0 Å². The number of rotatable bonds is 4. The fourth-order valence-corrected chi connectivity index (χ4v) is 1.92. The average Bonchev–Trinajstić information content (AvgIpc) is 2.14. The Labute approximate surface area is 91.9 Å². The van der Waals surface area contributed by atoms with Gasteiger partial charge in [-0.1, -0.05) is 32.1 Å². The van der Waals surface area contributed by atoms with Gasteiger partial charge in [-0.05, 0) is 12.3 Å². The molecule has 0 aromatic rings. The molecule has 14 heavy (non-hydrogen) atoms. The normalized spacial score (nSPS) is 16.9. The summed E-state index contributed by atoms with van der Waals surface area (Å²) in [5, 5.41) is 2.71. The monoisotopic (exact) mass is 220 g/mol. The van der Waals surface area contributed by atoms with Gasteiger partial charge in [-0.15, -0.1) is 0 Å². The van der Waals surface area contributed by atoms with Gasteiger partial charge in [-0.25, -0.2) is 0 Å². The summed E-state index contributed by atoms with van der Waals surface area (Å²) in [7, 11) is 0. The molecule has 1 saturated carbocycles. The Balaban J connectivity index is 0.00000169. The molecule has 0 aromatic heterocycles. The first-order valence-electron chi connectivity index (χ1n) is 5.16. The summed E-state index contributed by atoms with van der Waals surface area (Å²) in [6, 6.07) is 0. The number of hydrazine groups is 1. The molecule has 0 bridgehead atoms.